The molecular formula is C36H33FN4O4. The number of pyridine rings is 1. The molecule has 0 bridgehead atoms. The number of hydrogen-bond donors (Lipinski definition) is 1. The second kappa shape index (κ2) is 11.2. The van der Waals surface area contributed by atoms with Gasteiger partial charge in [0.2, 0.25) is 0 Å². The summed E-state index contributed by atoms with van der Waals surface area (Å²) in [5.41, 5.74) is 6.87. The van der Waals surface area contributed by atoms with Gasteiger partial charge in [-0.1, -0.05) is 38.1 Å². The molecule has 1 fully saturated rings. The van der Waals surface area contributed by atoms with E-state index < -0.39 is 5.82 Å². The van der Waals surface area contributed by atoms with Crippen LogP contribution in [0.1, 0.15) is 51.3 Å². The second-order valence-electron chi connectivity index (χ2n) is 12.3. The molecule has 2 aliphatic heterocycles. The molecular weight excluding hydrogens is 571 g/mol. The average Bonchev–Trinajstić information content (AvgIpc) is 3.63. The lowest BCUT2D eigenvalue weighted by atomic mass is 9.86. The molecule has 228 valence electrons. The third kappa shape index (κ3) is 5.37. The van der Waals surface area contributed by atoms with E-state index in [0.29, 0.717) is 72.2 Å². The van der Waals surface area contributed by atoms with E-state index in [9.17, 15) is 9.59 Å². The normalized spacial score (nSPS) is 15.6. The van der Waals surface area contributed by atoms with E-state index in [1.54, 1.807) is 29.3 Å². The van der Waals surface area contributed by atoms with Crippen LogP contribution < -0.4 is 4.74 Å². The van der Waals surface area contributed by atoms with Gasteiger partial charge in [-0.05, 0) is 60.0 Å². The summed E-state index contributed by atoms with van der Waals surface area (Å²) in [6, 6.07) is 17.6. The molecule has 1 N–H and O–H groups in total. The maximum absolute atomic E-state index is 15.1. The topological polar surface area (TPSA) is 97.4 Å². The first-order valence-electron chi connectivity index (χ1n) is 15.1. The number of halogens is 1. The Hall–Kier alpha value is -4.89. The van der Waals surface area contributed by atoms with Crippen molar-refractivity contribution in [2.45, 2.75) is 32.6 Å². The van der Waals surface area contributed by atoms with E-state index in [4.69, 9.17) is 14.5 Å². The summed E-state index contributed by atoms with van der Waals surface area (Å²) in [6.07, 6.45) is 1.70. The summed E-state index contributed by atoms with van der Waals surface area (Å²) in [5.74, 6) is 0.757. The molecule has 8 nitrogen and oxygen atoms in total. The first-order valence-corrected chi connectivity index (χ1v) is 15.1. The number of H-pyrrole nitrogens is 1. The zero-order chi connectivity index (χ0) is 31.3. The zero-order valence-corrected chi connectivity index (χ0v) is 25.4. The lowest BCUT2D eigenvalue weighted by molar-refractivity contribution is 0.0303. The number of benzene rings is 3. The molecule has 7 rings (SSSR count). The predicted molar refractivity (Wildman–Crippen MR) is 169 cm³/mol. The lowest BCUT2D eigenvalue weighted by Crippen LogP contribution is -2.40. The lowest BCUT2D eigenvalue weighted by Gasteiger charge is -2.26. The van der Waals surface area contributed by atoms with Crippen molar-refractivity contribution in [3.05, 3.63) is 100 Å². The van der Waals surface area contributed by atoms with Gasteiger partial charge in [-0.15, -0.1) is 0 Å². The molecule has 2 aromatic heterocycles. The van der Waals surface area contributed by atoms with Gasteiger partial charge in [0, 0.05) is 58.9 Å². The van der Waals surface area contributed by atoms with Crippen molar-refractivity contribution < 1.29 is 23.5 Å². The number of rotatable bonds is 6. The highest BCUT2D eigenvalue weighted by Gasteiger charge is 2.32. The van der Waals surface area contributed by atoms with Crippen LogP contribution in [-0.2, 0) is 16.6 Å². The van der Waals surface area contributed by atoms with Gasteiger partial charge in [0.25, 0.3) is 5.91 Å². The smallest absolute Gasteiger partial charge is 0.254 e. The van der Waals surface area contributed by atoms with Gasteiger partial charge in [0.05, 0.1) is 25.3 Å². The largest absolute Gasteiger partial charge is 0.492 e. The summed E-state index contributed by atoms with van der Waals surface area (Å²) in [5, 5.41) is 0. The Morgan fingerprint density at radius 3 is 2.51 bits per heavy atom. The van der Waals surface area contributed by atoms with Crippen molar-refractivity contribution in [3.63, 3.8) is 0 Å². The van der Waals surface area contributed by atoms with Gasteiger partial charge in [0.1, 0.15) is 17.4 Å². The van der Waals surface area contributed by atoms with Crippen molar-refractivity contribution in [2.75, 3.05) is 32.9 Å². The molecule has 0 atom stereocenters. The van der Waals surface area contributed by atoms with Gasteiger partial charge >= 0.3 is 0 Å². The highest BCUT2D eigenvalue weighted by Crippen LogP contribution is 2.39. The van der Waals surface area contributed by atoms with Gasteiger partial charge in [-0.25, -0.2) is 14.4 Å². The van der Waals surface area contributed by atoms with Crippen LogP contribution in [0.4, 0.5) is 4.39 Å². The Labute approximate surface area is 260 Å². The number of fused-ring (bicyclic) bond motifs is 2. The van der Waals surface area contributed by atoms with Gasteiger partial charge in [-0.2, -0.15) is 0 Å². The van der Waals surface area contributed by atoms with Crippen LogP contribution in [0.15, 0.2) is 66.9 Å². The minimum atomic E-state index is -0.428. The van der Waals surface area contributed by atoms with E-state index in [2.05, 4.69) is 23.8 Å². The number of morpholine rings is 1. The molecule has 0 spiro atoms. The molecule has 1 saturated heterocycles. The van der Waals surface area contributed by atoms with E-state index in [1.807, 2.05) is 37.3 Å². The molecule has 45 heavy (non-hydrogen) atoms. The second-order valence-corrected chi connectivity index (χ2v) is 12.3. The van der Waals surface area contributed by atoms with Crippen molar-refractivity contribution in [1.82, 2.24) is 19.9 Å². The molecule has 0 saturated carbocycles. The van der Waals surface area contributed by atoms with E-state index in [-0.39, 0.29) is 23.5 Å². The highest BCUT2D eigenvalue weighted by atomic mass is 19.1. The Kier molecular flexibility index (Phi) is 7.20. The third-order valence-electron chi connectivity index (χ3n) is 8.84. The van der Waals surface area contributed by atoms with Crippen LogP contribution in [0.5, 0.6) is 5.75 Å². The van der Waals surface area contributed by atoms with Crippen LogP contribution in [-0.4, -0.2) is 64.5 Å². The number of amides is 1. The maximum Gasteiger partial charge on any atom is 0.254 e. The molecule has 4 heterocycles. The Bertz CT molecular complexity index is 1960. The number of hydrogen-bond acceptors (Lipinski definition) is 6. The van der Waals surface area contributed by atoms with E-state index >= 15 is 4.39 Å². The number of aromatic amines is 1. The quantitative estimate of drug-likeness (QED) is 0.228. The number of carbonyl (C=O) groups is 2. The van der Waals surface area contributed by atoms with Crippen LogP contribution in [0, 0.1) is 12.7 Å². The number of carbonyl (C=O) groups excluding carboxylic acids is 2. The van der Waals surface area contributed by atoms with Crippen LogP contribution in [0.25, 0.3) is 33.7 Å². The molecule has 0 unspecified atom stereocenters. The summed E-state index contributed by atoms with van der Waals surface area (Å²) < 4.78 is 26.3. The number of Topliss-reactive ketones (excluding diaryl/α,β-unsaturated/α-hetero) is 1. The first kappa shape index (κ1) is 28.9. The van der Waals surface area contributed by atoms with Gasteiger partial charge in [0.15, 0.2) is 11.4 Å². The highest BCUT2D eigenvalue weighted by molar-refractivity contribution is 5.99. The Morgan fingerprint density at radius 1 is 0.978 bits per heavy atom. The minimum absolute atomic E-state index is 0.0253. The fraction of sp³-hybridized carbons (Fsp3) is 0.278. The van der Waals surface area contributed by atoms with E-state index in [0.717, 1.165) is 28.0 Å². The summed E-state index contributed by atoms with van der Waals surface area (Å²) >= 11 is 0. The molecule has 1 amide bonds. The maximum atomic E-state index is 15.1. The molecule has 0 radical (unpaired) electrons. The fourth-order valence-corrected chi connectivity index (χ4v) is 6.18. The van der Waals surface area contributed by atoms with Crippen molar-refractivity contribution in [1.29, 1.82) is 0 Å². The number of ether oxygens (including phenoxy) is 2. The van der Waals surface area contributed by atoms with Crippen molar-refractivity contribution in [2.24, 2.45) is 0 Å². The number of imidazole rings is 1. The Morgan fingerprint density at radius 2 is 1.73 bits per heavy atom. The monoisotopic (exact) mass is 604 g/mol. The van der Waals surface area contributed by atoms with Crippen LogP contribution in [0.2, 0.25) is 0 Å². The summed E-state index contributed by atoms with van der Waals surface area (Å²) in [4.78, 5) is 40.6. The van der Waals surface area contributed by atoms with Crippen LogP contribution >= 0.6 is 0 Å². The zero-order valence-electron chi connectivity index (χ0n) is 25.4. The molecule has 0 aliphatic carbocycles. The number of aromatic nitrogens is 3. The third-order valence-corrected chi connectivity index (χ3v) is 8.84. The summed E-state index contributed by atoms with van der Waals surface area (Å²) in [7, 11) is 0. The number of ketones is 1. The van der Waals surface area contributed by atoms with Crippen LogP contribution in [0.3, 0.4) is 0 Å². The number of nitrogens with zero attached hydrogens (tertiary/aromatic N) is 3. The molecule has 2 aliphatic rings. The standard InChI is InChI=1S/C36H33FN4O4/c1-21-25(17-30(42)24-8-9-29-31(18-24)45-20-36(29,2)3)16-26(37)19-28(21)27-10-11-38-34-32(27)39-33(40-34)22-4-6-23(7-5-22)35(43)41-12-14-44-15-13-41/h4-11,16,18-19H,12-15,17,20H2,1-3H3,(H,38,39,40). The van der Waals surface area contributed by atoms with E-state index in [1.165, 1.54) is 12.1 Å². The van der Waals surface area contributed by atoms with Gasteiger partial charge in [-0.3, -0.25) is 9.59 Å². The number of nitrogens with one attached hydrogen (secondary N) is 1. The minimum Gasteiger partial charge on any atom is -0.492 e. The Balaban J connectivity index is 1.17. The molecule has 5 aromatic rings. The fourth-order valence-electron chi connectivity index (χ4n) is 6.18. The average molecular weight is 605 g/mol. The van der Waals surface area contributed by atoms with Crippen molar-refractivity contribution >= 4 is 22.9 Å². The predicted octanol–water partition coefficient (Wildman–Crippen LogP) is 6.31. The summed E-state index contributed by atoms with van der Waals surface area (Å²) in [6.45, 7) is 8.95. The van der Waals surface area contributed by atoms with Gasteiger partial charge < -0.3 is 19.4 Å². The molecule has 9 heteroatoms. The first-order chi connectivity index (χ1) is 21.7. The SMILES string of the molecule is Cc1c(CC(=O)c2ccc3c(c2)OCC3(C)C)cc(F)cc1-c1ccnc2nc(-c3ccc(C(=O)N4CCOCC4)cc3)[nH]c12. The van der Waals surface area contributed by atoms with Crippen molar-refractivity contribution in [3.8, 4) is 28.3 Å². The molecule has 3 aromatic carbocycles.